The van der Waals surface area contributed by atoms with E-state index in [-0.39, 0.29) is 36.2 Å². The van der Waals surface area contributed by atoms with Gasteiger partial charge >= 0.3 is 0 Å². The van der Waals surface area contributed by atoms with Crippen molar-refractivity contribution in [3.8, 4) is 0 Å². The molecule has 1 aromatic carbocycles. The number of hydrogen-bond acceptors (Lipinski definition) is 5. The van der Waals surface area contributed by atoms with Crippen LogP contribution in [0.15, 0.2) is 36.5 Å². The van der Waals surface area contributed by atoms with Crippen LogP contribution in [-0.2, 0) is 14.3 Å². The third-order valence-corrected chi connectivity index (χ3v) is 5.98. The fraction of sp³-hybridized carbons (Fsp3) is 0.478. The Kier molecular flexibility index (Phi) is 5.10. The zero-order valence-corrected chi connectivity index (χ0v) is 17.7. The minimum absolute atomic E-state index is 0.0428. The molecule has 2 aliphatic heterocycles. The number of likely N-dealkylation sites (tertiary alicyclic amines) is 1. The van der Waals surface area contributed by atoms with Crippen LogP contribution >= 0.6 is 0 Å². The Balaban J connectivity index is 1.59. The molecule has 0 aliphatic carbocycles. The lowest BCUT2D eigenvalue weighted by Gasteiger charge is -2.35. The molecule has 30 heavy (non-hydrogen) atoms. The molecule has 1 aromatic heterocycles. The molecule has 4 rings (SSSR count). The van der Waals surface area contributed by atoms with Gasteiger partial charge in [0, 0.05) is 29.6 Å². The molecule has 7 nitrogen and oxygen atoms in total. The molecule has 7 heteroatoms. The maximum atomic E-state index is 13.5. The molecule has 2 saturated heterocycles. The Morgan fingerprint density at radius 3 is 2.77 bits per heavy atom. The Hall–Kier alpha value is -2.80. The largest absolute Gasteiger partial charge is 0.367 e. The lowest BCUT2D eigenvalue weighted by Crippen LogP contribution is -2.57. The van der Waals surface area contributed by atoms with E-state index in [0.29, 0.717) is 12.1 Å². The highest BCUT2D eigenvalue weighted by Crippen LogP contribution is 2.33. The van der Waals surface area contributed by atoms with Crippen molar-refractivity contribution in [2.75, 3.05) is 13.2 Å². The first-order chi connectivity index (χ1) is 14.2. The molecule has 4 atom stereocenters. The summed E-state index contributed by atoms with van der Waals surface area (Å²) in [6, 6.07) is 7.65. The lowest BCUT2D eigenvalue weighted by atomic mass is 9.85. The van der Waals surface area contributed by atoms with E-state index < -0.39 is 17.5 Å². The zero-order chi connectivity index (χ0) is 21.6. The van der Waals surface area contributed by atoms with Crippen molar-refractivity contribution in [2.24, 2.45) is 11.3 Å². The van der Waals surface area contributed by atoms with Gasteiger partial charge in [0.15, 0.2) is 5.78 Å². The number of Topliss-reactive ketones (excluding diaryl/α,β-unsaturated/α-hetero) is 1. The zero-order valence-electron chi connectivity index (χ0n) is 17.7. The predicted octanol–water partition coefficient (Wildman–Crippen LogP) is 2.19. The Morgan fingerprint density at radius 2 is 2.03 bits per heavy atom. The first-order valence-corrected chi connectivity index (χ1v) is 10.3. The predicted molar refractivity (Wildman–Crippen MR) is 112 cm³/mol. The normalized spacial score (nSPS) is 24.7. The fourth-order valence-electron chi connectivity index (χ4n) is 4.37. The standard InChI is InChI=1S/C23H27N3O4/c1-13-11-26(18-17(27)12-30-19(13)18)22(29)20(23(2,3)4)25-21(28)15-7-8-16-14(10-15)6-5-9-24-16/h5-10,13,18-20H,11-12H2,1-4H3,(H,25,28)/t13-,18+,19+,20+/m0/s1. The van der Waals surface area contributed by atoms with E-state index >= 15 is 0 Å². The Bertz CT molecular complexity index is 1010. The SMILES string of the molecule is C[C@H]1CN(C(=O)[C@@H](NC(=O)c2ccc3ncccc3c2)C(C)(C)C)[C@@H]2C(=O)CO[C@@H]21. The van der Waals surface area contributed by atoms with Crippen molar-refractivity contribution < 1.29 is 19.1 Å². The van der Waals surface area contributed by atoms with Gasteiger partial charge in [0.05, 0.1) is 11.6 Å². The minimum Gasteiger partial charge on any atom is -0.367 e. The molecule has 2 fully saturated rings. The molecule has 0 unspecified atom stereocenters. The number of rotatable bonds is 3. The third kappa shape index (κ3) is 3.58. The smallest absolute Gasteiger partial charge is 0.251 e. The number of nitrogens with one attached hydrogen (secondary N) is 1. The number of nitrogens with zero attached hydrogens (tertiary/aromatic N) is 2. The number of fused-ring (bicyclic) bond motifs is 2. The summed E-state index contributed by atoms with van der Waals surface area (Å²) in [6.45, 7) is 8.20. The van der Waals surface area contributed by atoms with Crippen LogP contribution in [0, 0.1) is 11.3 Å². The van der Waals surface area contributed by atoms with Crippen LogP contribution < -0.4 is 5.32 Å². The highest BCUT2D eigenvalue weighted by Gasteiger charge is 2.52. The average Bonchev–Trinajstić information content (AvgIpc) is 3.25. The lowest BCUT2D eigenvalue weighted by molar-refractivity contribution is -0.140. The van der Waals surface area contributed by atoms with E-state index in [2.05, 4.69) is 10.3 Å². The van der Waals surface area contributed by atoms with Crippen molar-refractivity contribution in [3.63, 3.8) is 0 Å². The second-order valence-electron chi connectivity index (χ2n) is 9.34. The van der Waals surface area contributed by atoms with Gasteiger partial charge < -0.3 is 15.0 Å². The number of hydrogen-bond donors (Lipinski definition) is 1. The van der Waals surface area contributed by atoms with E-state index in [4.69, 9.17) is 4.74 Å². The fourth-order valence-corrected chi connectivity index (χ4v) is 4.37. The summed E-state index contributed by atoms with van der Waals surface area (Å²) in [6.07, 6.45) is 1.44. The van der Waals surface area contributed by atoms with Gasteiger partial charge in [0.25, 0.3) is 5.91 Å². The van der Waals surface area contributed by atoms with Crippen LogP contribution in [0.4, 0.5) is 0 Å². The number of carbonyl (C=O) groups excluding carboxylic acids is 3. The van der Waals surface area contributed by atoms with Gasteiger partial charge in [-0.1, -0.05) is 33.8 Å². The van der Waals surface area contributed by atoms with Crippen LogP contribution in [0.5, 0.6) is 0 Å². The maximum absolute atomic E-state index is 13.5. The first kappa shape index (κ1) is 20.5. The molecular weight excluding hydrogens is 382 g/mol. The molecule has 0 radical (unpaired) electrons. The van der Waals surface area contributed by atoms with Crippen molar-refractivity contribution in [1.29, 1.82) is 0 Å². The van der Waals surface area contributed by atoms with Gasteiger partial charge in [-0.15, -0.1) is 0 Å². The highest BCUT2D eigenvalue weighted by molar-refractivity contribution is 6.01. The van der Waals surface area contributed by atoms with E-state index in [1.165, 1.54) is 0 Å². The number of ketones is 1. The summed E-state index contributed by atoms with van der Waals surface area (Å²) in [7, 11) is 0. The van der Waals surface area contributed by atoms with Gasteiger partial charge in [0.1, 0.15) is 18.7 Å². The van der Waals surface area contributed by atoms with Crippen LogP contribution in [0.3, 0.4) is 0 Å². The van der Waals surface area contributed by atoms with Crippen molar-refractivity contribution >= 4 is 28.5 Å². The van der Waals surface area contributed by atoms with Crippen molar-refractivity contribution in [3.05, 3.63) is 42.1 Å². The molecule has 3 heterocycles. The summed E-state index contributed by atoms with van der Waals surface area (Å²) in [5.74, 6) is -0.559. The summed E-state index contributed by atoms with van der Waals surface area (Å²) >= 11 is 0. The number of amides is 2. The number of carbonyl (C=O) groups is 3. The summed E-state index contributed by atoms with van der Waals surface area (Å²) in [5, 5.41) is 3.78. The van der Waals surface area contributed by atoms with Gasteiger partial charge in [0.2, 0.25) is 5.91 Å². The molecule has 0 saturated carbocycles. The van der Waals surface area contributed by atoms with Gasteiger partial charge in [-0.25, -0.2) is 0 Å². The topological polar surface area (TPSA) is 88.6 Å². The minimum atomic E-state index is -0.769. The van der Waals surface area contributed by atoms with Crippen molar-refractivity contribution in [2.45, 2.75) is 45.9 Å². The summed E-state index contributed by atoms with van der Waals surface area (Å²) < 4.78 is 5.60. The van der Waals surface area contributed by atoms with Crippen LogP contribution in [0.1, 0.15) is 38.1 Å². The van der Waals surface area contributed by atoms with Crippen molar-refractivity contribution in [1.82, 2.24) is 15.2 Å². The van der Waals surface area contributed by atoms with E-state index in [0.717, 1.165) is 10.9 Å². The highest BCUT2D eigenvalue weighted by atomic mass is 16.5. The summed E-state index contributed by atoms with van der Waals surface area (Å²) in [5.41, 5.74) is 0.731. The molecule has 2 aromatic rings. The number of aromatic nitrogens is 1. The molecule has 0 bridgehead atoms. The number of ether oxygens (including phenoxy) is 1. The molecule has 158 valence electrons. The van der Waals surface area contributed by atoms with E-state index in [1.807, 2.05) is 39.8 Å². The third-order valence-electron chi connectivity index (χ3n) is 5.98. The van der Waals surface area contributed by atoms with Crippen LogP contribution in [0.25, 0.3) is 10.9 Å². The van der Waals surface area contributed by atoms with E-state index in [1.54, 1.807) is 29.3 Å². The van der Waals surface area contributed by atoms with Gasteiger partial charge in [-0.3, -0.25) is 19.4 Å². The molecule has 2 aliphatic rings. The molecule has 1 N–H and O–H groups in total. The second kappa shape index (κ2) is 7.47. The molecule has 2 amide bonds. The Morgan fingerprint density at radius 1 is 1.27 bits per heavy atom. The second-order valence-corrected chi connectivity index (χ2v) is 9.34. The maximum Gasteiger partial charge on any atom is 0.251 e. The average molecular weight is 409 g/mol. The molecular formula is C23H27N3O4. The van der Waals surface area contributed by atoms with Gasteiger partial charge in [-0.2, -0.15) is 0 Å². The monoisotopic (exact) mass is 409 g/mol. The van der Waals surface area contributed by atoms with Gasteiger partial charge in [-0.05, 0) is 29.7 Å². The Labute approximate surface area is 175 Å². The molecule has 0 spiro atoms. The quantitative estimate of drug-likeness (QED) is 0.840. The van der Waals surface area contributed by atoms with Crippen LogP contribution in [-0.4, -0.2) is 58.8 Å². The summed E-state index contributed by atoms with van der Waals surface area (Å²) in [4.78, 5) is 44.7. The number of benzene rings is 1. The first-order valence-electron chi connectivity index (χ1n) is 10.3. The van der Waals surface area contributed by atoms with E-state index in [9.17, 15) is 14.4 Å². The van der Waals surface area contributed by atoms with Crippen LogP contribution in [0.2, 0.25) is 0 Å². The number of pyridine rings is 1.